The van der Waals surface area contributed by atoms with Crippen LogP contribution in [0.4, 0.5) is 0 Å². The first-order valence-corrected chi connectivity index (χ1v) is 6.42. The Morgan fingerprint density at radius 2 is 2.24 bits per heavy atom. The summed E-state index contributed by atoms with van der Waals surface area (Å²) in [5, 5.41) is 0. The third-order valence-corrected chi connectivity index (χ3v) is 3.49. The zero-order valence-electron chi connectivity index (χ0n) is 10.4. The van der Waals surface area contributed by atoms with Crippen LogP contribution >= 0.6 is 0 Å². The number of piperidine rings is 1. The predicted octanol–water partition coefficient (Wildman–Crippen LogP) is 2.27. The molecule has 1 aromatic rings. The van der Waals surface area contributed by atoms with Crippen molar-refractivity contribution >= 4 is 5.91 Å². The second kappa shape index (κ2) is 5.80. The number of carbonyl (C=O) groups excluding carboxylic acids is 1. The standard InChI is InChI=1S/C14H20N2O/c1-12-6-9-16(10-7-12)14(17)5-4-13-3-2-8-15-11-13/h2-3,8,11-12H,4-7,9-10H2,1H3. The van der Waals surface area contributed by atoms with E-state index in [4.69, 9.17) is 0 Å². The van der Waals surface area contributed by atoms with Crippen molar-refractivity contribution in [2.45, 2.75) is 32.6 Å². The molecule has 2 rings (SSSR count). The summed E-state index contributed by atoms with van der Waals surface area (Å²) in [6, 6.07) is 3.95. The van der Waals surface area contributed by atoms with E-state index in [0.717, 1.165) is 43.8 Å². The third-order valence-electron chi connectivity index (χ3n) is 3.49. The first kappa shape index (κ1) is 12.1. The lowest BCUT2D eigenvalue weighted by atomic mass is 9.99. The first-order valence-electron chi connectivity index (χ1n) is 6.42. The van der Waals surface area contributed by atoms with Crippen LogP contribution in [0.3, 0.4) is 0 Å². The Bertz CT molecular complexity index is 356. The number of aromatic nitrogens is 1. The summed E-state index contributed by atoms with van der Waals surface area (Å²) in [5.74, 6) is 1.07. The van der Waals surface area contributed by atoms with E-state index in [1.54, 1.807) is 6.20 Å². The van der Waals surface area contributed by atoms with Gasteiger partial charge in [-0.05, 0) is 36.8 Å². The molecule has 0 spiro atoms. The average Bonchev–Trinajstić information content (AvgIpc) is 2.38. The monoisotopic (exact) mass is 232 g/mol. The molecule has 3 nitrogen and oxygen atoms in total. The molecule has 1 saturated heterocycles. The van der Waals surface area contributed by atoms with Gasteiger partial charge in [0.2, 0.25) is 5.91 Å². The summed E-state index contributed by atoms with van der Waals surface area (Å²) in [4.78, 5) is 18.1. The molecule has 0 aliphatic carbocycles. The Morgan fingerprint density at radius 1 is 1.47 bits per heavy atom. The molecule has 0 radical (unpaired) electrons. The van der Waals surface area contributed by atoms with Gasteiger partial charge in [0.15, 0.2) is 0 Å². The summed E-state index contributed by atoms with van der Waals surface area (Å²) < 4.78 is 0. The lowest BCUT2D eigenvalue weighted by molar-refractivity contribution is -0.132. The summed E-state index contributed by atoms with van der Waals surface area (Å²) in [7, 11) is 0. The number of nitrogens with zero attached hydrogens (tertiary/aromatic N) is 2. The van der Waals surface area contributed by atoms with Gasteiger partial charge in [0.05, 0.1) is 0 Å². The van der Waals surface area contributed by atoms with Crippen molar-refractivity contribution in [3.63, 3.8) is 0 Å². The van der Waals surface area contributed by atoms with Crippen LogP contribution in [-0.4, -0.2) is 28.9 Å². The van der Waals surface area contributed by atoms with Crippen molar-refractivity contribution in [3.05, 3.63) is 30.1 Å². The van der Waals surface area contributed by atoms with E-state index >= 15 is 0 Å². The van der Waals surface area contributed by atoms with Crippen LogP contribution in [0.5, 0.6) is 0 Å². The van der Waals surface area contributed by atoms with Gasteiger partial charge in [-0.3, -0.25) is 9.78 Å². The molecule has 1 amide bonds. The number of pyridine rings is 1. The fraction of sp³-hybridized carbons (Fsp3) is 0.571. The normalized spacial score (nSPS) is 17.1. The quantitative estimate of drug-likeness (QED) is 0.801. The lowest BCUT2D eigenvalue weighted by Gasteiger charge is -2.30. The van der Waals surface area contributed by atoms with Crippen LogP contribution < -0.4 is 0 Å². The largest absolute Gasteiger partial charge is 0.343 e. The Kier molecular flexibility index (Phi) is 4.13. The number of carbonyl (C=O) groups is 1. The minimum Gasteiger partial charge on any atom is -0.343 e. The summed E-state index contributed by atoms with van der Waals surface area (Å²) in [6.45, 7) is 4.14. The predicted molar refractivity (Wildman–Crippen MR) is 67.5 cm³/mol. The van der Waals surface area contributed by atoms with E-state index in [2.05, 4.69) is 11.9 Å². The maximum absolute atomic E-state index is 12.0. The molecular formula is C14H20N2O. The van der Waals surface area contributed by atoms with Crippen LogP contribution in [0.25, 0.3) is 0 Å². The zero-order chi connectivity index (χ0) is 12.1. The molecule has 2 heterocycles. The van der Waals surface area contributed by atoms with Crippen LogP contribution in [0.15, 0.2) is 24.5 Å². The van der Waals surface area contributed by atoms with Crippen molar-refractivity contribution in [2.24, 2.45) is 5.92 Å². The van der Waals surface area contributed by atoms with Gasteiger partial charge >= 0.3 is 0 Å². The highest BCUT2D eigenvalue weighted by Crippen LogP contribution is 2.17. The van der Waals surface area contributed by atoms with E-state index in [1.165, 1.54) is 0 Å². The number of rotatable bonds is 3. The summed E-state index contributed by atoms with van der Waals surface area (Å²) in [5.41, 5.74) is 1.14. The fourth-order valence-corrected chi connectivity index (χ4v) is 2.21. The molecular weight excluding hydrogens is 212 g/mol. The molecule has 17 heavy (non-hydrogen) atoms. The molecule has 0 N–H and O–H groups in total. The summed E-state index contributed by atoms with van der Waals surface area (Å²) in [6.07, 6.45) is 7.32. The van der Waals surface area contributed by atoms with Gasteiger partial charge in [0, 0.05) is 31.9 Å². The smallest absolute Gasteiger partial charge is 0.222 e. The van der Waals surface area contributed by atoms with Gasteiger partial charge in [0.25, 0.3) is 0 Å². The Balaban J connectivity index is 1.78. The molecule has 0 unspecified atom stereocenters. The highest BCUT2D eigenvalue weighted by atomic mass is 16.2. The van der Waals surface area contributed by atoms with E-state index in [0.29, 0.717) is 12.3 Å². The van der Waals surface area contributed by atoms with Crippen molar-refractivity contribution in [1.29, 1.82) is 0 Å². The fourth-order valence-electron chi connectivity index (χ4n) is 2.21. The molecule has 92 valence electrons. The Hall–Kier alpha value is -1.38. The van der Waals surface area contributed by atoms with Crippen LogP contribution in [-0.2, 0) is 11.2 Å². The molecule has 3 heteroatoms. The van der Waals surface area contributed by atoms with Gasteiger partial charge < -0.3 is 4.90 Å². The van der Waals surface area contributed by atoms with Crippen molar-refractivity contribution in [2.75, 3.05) is 13.1 Å². The number of likely N-dealkylation sites (tertiary alicyclic amines) is 1. The van der Waals surface area contributed by atoms with E-state index in [-0.39, 0.29) is 0 Å². The van der Waals surface area contributed by atoms with Gasteiger partial charge in [-0.2, -0.15) is 0 Å². The number of hydrogen-bond acceptors (Lipinski definition) is 2. The van der Waals surface area contributed by atoms with Crippen LogP contribution in [0.2, 0.25) is 0 Å². The van der Waals surface area contributed by atoms with Gasteiger partial charge in [-0.1, -0.05) is 13.0 Å². The summed E-state index contributed by atoms with van der Waals surface area (Å²) >= 11 is 0. The Labute approximate surface area is 103 Å². The Morgan fingerprint density at radius 3 is 2.88 bits per heavy atom. The highest BCUT2D eigenvalue weighted by molar-refractivity contribution is 5.76. The maximum Gasteiger partial charge on any atom is 0.222 e. The minimum absolute atomic E-state index is 0.292. The molecule has 0 aromatic carbocycles. The number of amides is 1. The van der Waals surface area contributed by atoms with E-state index < -0.39 is 0 Å². The molecule has 0 saturated carbocycles. The van der Waals surface area contributed by atoms with Gasteiger partial charge in [-0.15, -0.1) is 0 Å². The third kappa shape index (κ3) is 3.55. The maximum atomic E-state index is 12.0. The first-order chi connectivity index (χ1) is 8.25. The molecule has 1 aliphatic rings. The number of hydrogen-bond donors (Lipinski definition) is 0. The minimum atomic E-state index is 0.292. The zero-order valence-corrected chi connectivity index (χ0v) is 10.4. The van der Waals surface area contributed by atoms with E-state index in [9.17, 15) is 4.79 Å². The topological polar surface area (TPSA) is 33.2 Å². The molecule has 1 fully saturated rings. The molecule has 1 aromatic heterocycles. The second-order valence-electron chi connectivity index (χ2n) is 4.92. The van der Waals surface area contributed by atoms with E-state index in [1.807, 2.05) is 23.2 Å². The van der Waals surface area contributed by atoms with Crippen molar-refractivity contribution < 1.29 is 4.79 Å². The van der Waals surface area contributed by atoms with Crippen LogP contribution in [0.1, 0.15) is 31.7 Å². The van der Waals surface area contributed by atoms with Crippen molar-refractivity contribution in [1.82, 2.24) is 9.88 Å². The van der Waals surface area contributed by atoms with Gasteiger partial charge in [0.1, 0.15) is 0 Å². The SMILES string of the molecule is CC1CCN(C(=O)CCc2cccnc2)CC1. The molecule has 0 atom stereocenters. The molecule has 0 bridgehead atoms. The van der Waals surface area contributed by atoms with Gasteiger partial charge in [-0.25, -0.2) is 0 Å². The van der Waals surface area contributed by atoms with Crippen LogP contribution in [0, 0.1) is 5.92 Å². The highest BCUT2D eigenvalue weighted by Gasteiger charge is 2.19. The lowest BCUT2D eigenvalue weighted by Crippen LogP contribution is -2.37. The molecule has 1 aliphatic heterocycles. The van der Waals surface area contributed by atoms with Crippen molar-refractivity contribution in [3.8, 4) is 0 Å². The average molecular weight is 232 g/mol. The second-order valence-corrected chi connectivity index (χ2v) is 4.92. The number of aryl methyl sites for hydroxylation is 1.